The van der Waals surface area contributed by atoms with Crippen molar-refractivity contribution in [2.24, 2.45) is 0 Å². The summed E-state index contributed by atoms with van der Waals surface area (Å²) in [5.74, 6) is -0.607. The predicted octanol–water partition coefficient (Wildman–Crippen LogP) is 2.64. The first kappa shape index (κ1) is 15.7. The van der Waals surface area contributed by atoms with Crippen LogP contribution in [0.25, 0.3) is 0 Å². The number of hydrogen-bond acceptors (Lipinski definition) is 5. The number of hydrogen-bond donors (Lipinski definition) is 1. The van der Waals surface area contributed by atoms with E-state index in [1.807, 2.05) is 0 Å². The molecular formula is C13H15NO5S2. The van der Waals surface area contributed by atoms with Crippen LogP contribution in [0.2, 0.25) is 0 Å². The number of sulfonamides is 1. The maximum atomic E-state index is 12.6. The minimum Gasteiger partial charge on any atom is -0.477 e. The maximum Gasteiger partial charge on any atom is 0.345 e. The van der Waals surface area contributed by atoms with E-state index in [1.165, 1.54) is 22.0 Å². The largest absolute Gasteiger partial charge is 0.477 e. The average molecular weight is 329 g/mol. The molecule has 2 rings (SSSR count). The molecule has 1 N–H and O–H groups in total. The minimum atomic E-state index is -3.77. The third-order valence-corrected chi connectivity index (χ3v) is 5.93. The van der Waals surface area contributed by atoms with E-state index in [1.54, 1.807) is 26.0 Å². The van der Waals surface area contributed by atoms with Gasteiger partial charge in [0.25, 0.3) is 0 Å². The topological polar surface area (TPSA) is 87.8 Å². The molecule has 0 aliphatic carbocycles. The van der Waals surface area contributed by atoms with Gasteiger partial charge in [-0.3, -0.25) is 0 Å². The second kappa shape index (κ2) is 6.00. The highest BCUT2D eigenvalue weighted by atomic mass is 32.2. The van der Waals surface area contributed by atoms with Gasteiger partial charge in [0.2, 0.25) is 10.0 Å². The van der Waals surface area contributed by atoms with Crippen molar-refractivity contribution >= 4 is 27.3 Å². The van der Waals surface area contributed by atoms with Gasteiger partial charge >= 0.3 is 5.97 Å². The van der Waals surface area contributed by atoms with E-state index in [9.17, 15) is 13.2 Å². The second-order valence-corrected chi connectivity index (χ2v) is 7.48. The lowest BCUT2D eigenvalue weighted by Crippen LogP contribution is -2.36. The van der Waals surface area contributed by atoms with Crippen molar-refractivity contribution in [2.75, 3.05) is 0 Å². The summed E-state index contributed by atoms with van der Waals surface area (Å²) in [4.78, 5) is 10.9. The molecule has 0 saturated heterocycles. The number of carbonyl (C=O) groups is 1. The Balaban J connectivity index is 2.35. The molecule has 0 radical (unpaired) electrons. The van der Waals surface area contributed by atoms with Crippen molar-refractivity contribution in [3.63, 3.8) is 0 Å². The quantitative estimate of drug-likeness (QED) is 0.880. The number of carboxylic acids is 1. The molecule has 6 nitrogen and oxygen atoms in total. The Morgan fingerprint density at radius 2 is 2.19 bits per heavy atom. The summed E-state index contributed by atoms with van der Waals surface area (Å²) >= 11 is 0.893. The summed E-state index contributed by atoms with van der Waals surface area (Å²) in [5, 5.41) is 10.2. The number of rotatable bonds is 6. The first-order valence-electron chi connectivity index (χ1n) is 6.18. The summed E-state index contributed by atoms with van der Waals surface area (Å²) in [6, 6.07) is 4.28. The molecule has 0 amide bonds. The summed E-state index contributed by atoms with van der Waals surface area (Å²) < 4.78 is 31.7. The van der Waals surface area contributed by atoms with E-state index in [0.717, 1.165) is 11.3 Å². The number of thiophene rings is 1. The lowest BCUT2D eigenvalue weighted by Gasteiger charge is -2.24. The van der Waals surface area contributed by atoms with Crippen LogP contribution in [0.3, 0.4) is 0 Å². The standard InChI is InChI=1S/C13H15NO5S2/c1-9(2)14(7-10-4-3-5-19-10)21(17,18)11-6-12(13(15)16)20-8-11/h3-6,8-9H,7H2,1-2H3,(H,15,16). The van der Waals surface area contributed by atoms with Crippen molar-refractivity contribution in [1.29, 1.82) is 0 Å². The van der Waals surface area contributed by atoms with Crippen LogP contribution in [-0.2, 0) is 16.6 Å². The normalized spacial score (nSPS) is 12.2. The van der Waals surface area contributed by atoms with Crippen LogP contribution in [0.15, 0.2) is 39.2 Å². The summed E-state index contributed by atoms with van der Waals surface area (Å²) in [5.41, 5.74) is 0. The lowest BCUT2D eigenvalue weighted by molar-refractivity contribution is 0.0702. The molecule has 0 unspecified atom stereocenters. The van der Waals surface area contributed by atoms with Gasteiger partial charge in [0, 0.05) is 11.4 Å². The van der Waals surface area contributed by atoms with Gasteiger partial charge in [0.05, 0.1) is 17.7 Å². The van der Waals surface area contributed by atoms with E-state index in [-0.39, 0.29) is 22.4 Å². The average Bonchev–Trinajstić information content (AvgIpc) is 3.06. The van der Waals surface area contributed by atoms with E-state index in [4.69, 9.17) is 9.52 Å². The Morgan fingerprint density at radius 3 is 2.67 bits per heavy atom. The zero-order chi connectivity index (χ0) is 15.6. The van der Waals surface area contributed by atoms with E-state index < -0.39 is 16.0 Å². The van der Waals surface area contributed by atoms with Gasteiger partial charge in [-0.05, 0) is 32.0 Å². The minimum absolute atomic E-state index is 0.00437. The van der Waals surface area contributed by atoms with Crippen LogP contribution < -0.4 is 0 Å². The summed E-state index contributed by atoms with van der Waals surface area (Å²) in [6.07, 6.45) is 1.48. The Kier molecular flexibility index (Phi) is 4.50. The van der Waals surface area contributed by atoms with Gasteiger partial charge in [-0.25, -0.2) is 13.2 Å². The van der Waals surface area contributed by atoms with Crippen LogP contribution in [0.5, 0.6) is 0 Å². The van der Waals surface area contributed by atoms with Crippen LogP contribution in [0.1, 0.15) is 29.3 Å². The highest BCUT2D eigenvalue weighted by Gasteiger charge is 2.29. The molecule has 2 aromatic heterocycles. The van der Waals surface area contributed by atoms with Crippen molar-refractivity contribution in [2.45, 2.75) is 31.3 Å². The van der Waals surface area contributed by atoms with Gasteiger partial charge in [0.15, 0.2) is 0 Å². The van der Waals surface area contributed by atoms with Crippen LogP contribution in [0, 0.1) is 0 Å². The summed E-state index contributed by atoms with van der Waals surface area (Å²) in [6.45, 7) is 3.61. The van der Waals surface area contributed by atoms with Crippen molar-refractivity contribution < 1.29 is 22.7 Å². The first-order valence-corrected chi connectivity index (χ1v) is 8.50. The van der Waals surface area contributed by atoms with Gasteiger partial charge in [-0.1, -0.05) is 0 Å². The van der Waals surface area contributed by atoms with E-state index >= 15 is 0 Å². The van der Waals surface area contributed by atoms with Gasteiger partial charge in [-0.2, -0.15) is 4.31 Å². The fraction of sp³-hybridized carbons (Fsp3) is 0.308. The molecule has 2 heterocycles. The van der Waals surface area contributed by atoms with Crippen LogP contribution >= 0.6 is 11.3 Å². The number of aromatic carboxylic acids is 1. The molecule has 0 fully saturated rings. The van der Waals surface area contributed by atoms with Gasteiger partial charge in [-0.15, -0.1) is 11.3 Å². The SMILES string of the molecule is CC(C)N(Cc1ccco1)S(=O)(=O)c1csc(C(=O)O)c1. The monoisotopic (exact) mass is 329 g/mol. The van der Waals surface area contributed by atoms with Crippen molar-refractivity contribution in [3.05, 3.63) is 40.5 Å². The molecule has 0 saturated carbocycles. The first-order chi connectivity index (χ1) is 9.82. The smallest absolute Gasteiger partial charge is 0.345 e. The van der Waals surface area contributed by atoms with Crippen LogP contribution in [-0.4, -0.2) is 29.8 Å². The zero-order valence-electron chi connectivity index (χ0n) is 11.5. The molecule has 114 valence electrons. The molecule has 0 aliphatic heterocycles. The third-order valence-electron chi connectivity index (χ3n) is 2.86. The zero-order valence-corrected chi connectivity index (χ0v) is 13.1. The molecule has 0 spiro atoms. The maximum absolute atomic E-state index is 12.6. The Bertz CT molecular complexity index is 716. The molecule has 0 aromatic carbocycles. The fourth-order valence-corrected chi connectivity index (χ4v) is 4.51. The molecule has 0 atom stereocenters. The molecule has 2 aromatic rings. The van der Waals surface area contributed by atoms with E-state index in [0.29, 0.717) is 5.76 Å². The second-order valence-electron chi connectivity index (χ2n) is 4.68. The third kappa shape index (κ3) is 3.34. The number of nitrogens with zero attached hydrogens (tertiary/aromatic N) is 1. The van der Waals surface area contributed by atoms with Gasteiger partial charge < -0.3 is 9.52 Å². The van der Waals surface area contributed by atoms with E-state index in [2.05, 4.69) is 0 Å². The Labute approximate surface area is 126 Å². The number of furan rings is 1. The predicted molar refractivity (Wildman–Crippen MR) is 77.9 cm³/mol. The van der Waals surface area contributed by atoms with Gasteiger partial charge in [0.1, 0.15) is 10.6 Å². The molecule has 8 heteroatoms. The van der Waals surface area contributed by atoms with Crippen molar-refractivity contribution in [3.8, 4) is 0 Å². The summed E-state index contributed by atoms with van der Waals surface area (Å²) in [7, 11) is -3.77. The Morgan fingerprint density at radius 1 is 1.48 bits per heavy atom. The van der Waals surface area contributed by atoms with Crippen LogP contribution in [0.4, 0.5) is 0 Å². The highest BCUT2D eigenvalue weighted by Crippen LogP contribution is 2.25. The fourth-order valence-electron chi connectivity index (χ4n) is 1.80. The number of carboxylic acid groups (broad SMARTS) is 1. The molecule has 0 bridgehead atoms. The molecular weight excluding hydrogens is 314 g/mol. The Hall–Kier alpha value is -1.64. The molecule has 21 heavy (non-hydrogen) atoms. The molecule has 0 aliphatic rings. The lowest BCUT2D eigenvalue weighted by atomic mass is 10.3. The highest BCUT2D eigenvalue weighted by molar-refractivity contribution is 7.89. The van der Waals surface area contributed by atoms with Crippen molar-refractivity contribution in [1.82, 2.24) is 4.31 Å².